The van der Waals surface area contributed by atoms with E-state index >= 15 is 0 Å². The number of nitrogen functional groups attached to an aromatic ring is 1. The van der Waals surface area contributed by atoms with E-state index in [9.17, 15) is 9.59 Å². The maximum Gasteiger partial charge on any atom is 0.254 e. The van der Waals surface area contributed by atoms with Gasteiger partial charge in [-0.2, -0.15) is 0 Å². The van der Waals surface area contributed by atoms with Crippen molar-refractivity contribution in [2.24, 2.45) is 0 Å². The van der Waals surface area contributed by atoms with Gasteiger partial charge in [0.05, 0.1) is 6.54 Å². The van der Waals surface area contributed by atoms with Crippen LogP contribution in [0.25, 0.3) is 0 Å². The predicted molar refractivity (Wildman–Crippen MR) is 78.4 cm³/mol. The molecular weight excluding hydrogens is 254 g/mol. The minimum atomic E-state index is -0.113. The highest BCUT2D eigenvalue weighted by Crippen LogP contribution is 2.21. The molecule has 5 nitrogen and oxygen atoms in total. The quantitative estimate of drug-likeness (QED) is 0.810. The van der Waals surface area contributed by atoms with E-state index in [4.69, 9.17) is 5.73 Å². The van der Waals surface area contributed by atoms with Crippen molar-refractivity contribution >= 4 is 17.5 Å². The van der Waals surface area contributed by atoms with E-state index in [2.05, 4.69) is 5.32 Å². The van der Waals surface area contributed by atoms with Crippen LogP contribution >= 0.6 is 0 Å². The Morgan fingerprint density at radius 2 is 2.25 bits per heavy atom. The highest BCUT2D eigenvalue weighted by Gasteiger charge is 2.26. The number of nitrogens with one attached hydrogen (secondary N) is 1. The summed E-state index contributed by atoms with van der Waals surface area (Å²) in [5.74, 6) is -0.224. The smallest absolute Gasteiger partial charge is 0.254 e. The van der Waals surface area contributed by atoms with E-state index in [-0.39, 0.29) is 24.4 Å². The van der Waals surface area contributed by atoms with E-state index in [1.807, 2.05) is 19.9 Å². The molecular formula is C15H21N3O2. The van der Waals surface area contributed by atoms with Gasteiger partial charge in [0.1, 0.15) is 0 Å². The van der Waals surface area contributed by atoms with Crippen LogP contribution in [0.2, 0.25) is 0 Å². The summed E-state index contributed by atoms with van der Waals surface area (Å²) in [6.07, 6.45) is 1.64. The van der Waals surface area contributed by atoms with Crippen LogP contribution in [-0.2, 0) is 11.2 Å². The van der Waals surface area contributed by atoms with Gasteiger partial charge < -0.3 is 16.0 Å². The minimum Gasteiger partial charge on any atom is -0.399 e. The zero-order valence-electron chi connectivity index (χ0n) is 12.0. The van der Waals surface area contributed by atoms with Gasteiger partial charge in [-0.25, -0.2) is 0 Å². The first-order chi connectivity index (χ1) is 9.51. The molecule has 0 radical (unpaired) electrons. The average molecular weight is 275 g/mol. The van der Waals surface area contributed by atoms with Crippen molar-refractivity contribution in [3.05, 3.63) is 29.3 Å². The molecule has 1 atom stereocenters. The Kier molecular flexibility index (Phi) is 4.27. The summed E-state index contributed by atoms with van der Waals surface area (Å²) in [5, 5.41) is 2.88. The largest absolute Gasteiger partial charge is 0.399 e. The van der Waals surface area contributed by atoms with Crippen molar-refractivity contribution in [1.29, 1.82) is 0 Å². The Bertz CT molecular complexity index is 528. The maximum absolute atomic E-state index is 12.4. The summed E-state index contributed by atoms with van der Waals surface area (Å²) < 4.78 is 0. The molecule has 0 fully saturated rings. The molecule has 0 aliphatic carbocycles. The summed E-state index contributed by atoms with van der Waals surface area (Å²) in [5.41, 5.74) is 7.92. The van der Waals surface area contributed by atoms with Crippen molar-refractivity contribution < 1.29 is 9.59 Å². The van der Waals surface area contributed by atoms with E-state index in [1.165, 1.54) is 0 Å². The maximum atomic E-state index is 12.4. The van der Waals surface area contributed by atoms with Crippen LogP contribution in [0.4, 0.5) is 5.69 Å². The first-order valence-electron chi connectivity index (χ1n) is 6.98. The molecule has 0 saturated heterocycles. The van der Waals surface area contributed by atoms with Crippen LogP contribution in [0.3, 0.4) is 0 Å². The van der Waals surface area contributed by atoms with Crippen LogP contribution in [0, 0.1) is 0 Å². The van der Waals surface area contributed by atoms with Crippen LogP contribution in [-0.4, -0.2) is 35.8 Å². The third kappa shape index (κ3) is 3.10. The van der Waals surface area contributed by atoms with Gasteiger partial charge in [-0.3, -0.25) is 9.59 Å². The number of amides is 2. The van der Waals surface area contributed by atoms with Crippen LogP contribution in [0.15, 0.2) is 18.2 Å². The number of nitrogens with zero attached hydrogens (tertiary/aromatic N) is 1. The molecule has 108 valence electrons. The molecule has 0 bridgehead atoms. The van der Waals surface area contributed by atoms with Crippen molar-refractivity contribution in [1.82, 2.24) is 10.2 Å². The predicted octanol–water partition coefficient (Wildman–Crippen LogP) is 1.18. The highest BCUT2D eigenvalue weighted by molar-refractivity contribution is 5.99. The first kappa shape index (κ1) is 14.4. The number of hydrogen-bond donors (Lipinski definition) is 2. The molecule has 3 N–H and O–H groups in total. The molecule has 1 aliphatic heterocycles. The Morgan fingerprint density at radius 1 is 1.50 bits per heavy atom. The molecule has 1 aromatic carbocycles. The number of carbonyl (C=O) groups excluding carboxylic acids is 2. The SMILES string of the molecule is CCC(C)NC(=O)CN1CCc2ccc(N)cc2C1=O. The fourth-order valence-corrected chi connectivity index (χ4v) is 2.29. The lowest BCUT2D eigenvalue weighted by molar-refractivity contribution is -0.122. The second kappa shape index (κ2) is 5.94. The van der Waals surface area contributed by atoms with Gasteiger partial charge in [0.25, 0.3) is 5.91 Å². The van der Waals surface area contributed by atoms with E-state index < -0.39 is 0 Å². The molecule has 0 spiro atoms. The zero-order valence-corrected chi connectivity index (χ0v) is 12.0. The van der Waals surface area contributed by atoms with Gasteiger partial charge in [-0.15, -0.1) is 0 Å². The summed E-state index contributed by atoms with van der Waals surface area (Å²) in [6, 6.07) is 5.51. The molecule has 0 saturated carbocycles. The molecule has 1 heterocycles. The Morgan fingerprint density at radius 3 is 2.95 bits per heavy atom. The molecule has 2 amide bonds. The van der Waals surface area contributed by atoms with Crippen molar-refractivity contribution in [3.63, 3.8) is 0 Å². The lowest BCUT2D eigenvalue weighted by atomic mass is 9.98. The van der Waals surface area contributed by atoms with Crippen molar-refractivity contribution in [3.8, 4) is 0 Å². The lowest BCUT2D eigenvalue weighted by Crippen LogP contribution is -2.46. The summed E-state index contributed by atoms with van der Waals surface area (Å²) in [4.78, 5) is 25.8. The molecule has 0 aromatic heterocycles. The van der Waals surface area contributed by atoms with Crippen LogP contribution in [0.1, 0.15) is 36.2 Å². The Labute approximate surface area is 119 Å². The van der Waals surface area contributed by atoms with Gasteiger partial charge in [0.2, 0.25) is 5.91 Å². The number of fused-ring (bicyclic) bond motifs is 1. The minimum absolute atomic E-state index is 0.109. The second-order valence-corrected chi connectivity index (χ2v) is 5.27. The van der Waals surface area contributed by atoms with Crippen molar-refractivity contribution in [2.45, 2.75) is 32.7 Å². The fourth-order valence-electron chi connectivity index (χ4n) is 2.29. The van der Waals surface area contributed by atoms with E-state index in [0.717, 1.165) is 18.4 Å². The Hall–Kier alpha value is -2.04. The molecule has 20 heavy (non-hydrogen) atoms. The first-order valence-corrected chi connectivity index (χ1v) is 6.98. The number of nitrogens with two attached hydrogens (primary N) is 1. The van der Waals surface area contributed by atoms with Gasteiger partial charge >= 0.3 is 0 Å². The molecule has 1 aliphatic rings. The number of hydrogen-bond acceptors (Lipinski definition) is 3. The number of rotatable bonds is 4. The normalized spacial score (nSPS) is 15.7. The summed E-state index contributed by atoms with van der Waals surface area (Å²) in [7, 11) is 0. The zero-order chi connectivity index (χ0) is 14.7. The fraction of sp³-hybridized carbons (Fsp3) is 0.467. The Balaban J connectivity index is 2.05. The standard InChI is InChI=1S/C15H21N3O2/c1-3-10(2)17-14(19)9-18-7-6-11-4-5-12(16)8-13(11)15(18)20/h4-5,8,10H,3,6-7,9,16H2,1-2H3,(H,17,19). The summed E-state index contributed by atoms with van der Waals surface area (Å²) in [6.45, 7) is 4.64. The van der Waals surface area contributed by atoms with Gasteiger partial charge in [-0.1, -0.05) is 13.0 Å². The van der Waals surface area contributed by atoms with Crippen LogP contribution < -0.4 is 11.1 Å². The number of carbonyl (C=O) groups is 2. The van der Waals surface area contributed by atoms with E-state index in [0.29, 0.717) is 17.8 Å². The molecule has 1 unspecified atom stereocenters. The number of benzene rings is 1. The van der Waals surface area contributed by atoms with E-state index in [1.54, 1.807) is 17.0 Å². The number of anilines is 1. The van der Waals surface area contributed by atoms with Gasteiger partial charge in [0.15, 0.2) is 0 Å². The van der Waals surface area contributed by atoms with Crippen LogP contribution in [0.5, 0.6) is 0 Å². The van der Waals surface area contributed by atoms with Gasteiger partial charge in [0, 0.05) is 23.8 Å². The lowest BCUT2D eigenvalue weighted by Gasteiger charge is -2.28. The third-order valence-corrected chi connectivity index (χ3v) is 3.66. The highest BCUT2D eigenvalue weighted by atomic mass is 16.2. The molecule has 1 aromatic rings. The van der Waals surface area contributed by atoms with Crippen molar-refractivity contribution in [2.75, 3.05) is 18.8 Å². The molecule has 2 rings (SSSR count). The third-order valence-electron chi connectivity index (χ3n) is 3.66. The average Bonchev–Trinajstić information content (AvgIpc) is 2.42. The topological polar surface area (TPSA) is 75.4 Å². The monoisotopic (exact) mass is 275 g/mol. The molecule has 5 heteroatoms. The van der Waals surface area contributed by atoms with Gasteiger partial charge in [-0.05, 0) is 37.5 Å². The second-order valence-electron chi connectivity index (χ2n) is 5.27. The summed E-state index contributed by atoms with van der Waals surface area (Å²) >= 11 is 0.